The van der Waals surface area contributed by atoms with E-state index < -0.39 is 30.4 Å². The molecule has 1 aliphatic carbocycles. The van der Waals surface area contributed by atoms with Crippen LogP contribution >= 0.6 is 0 Å². The summed E-state index contributed by atoms with van der Waals surface area (Å²) in [4.78, 5) is 26.9. The molecule has 45 heavy (non-hydrogen) atoms. The van der Waals surface area contributed by atoms with Gasteiger partial charge in [0.25, 0.3) is 5.91 Å². The summed E-state index contributed by atoms with van der Waals surface area (Å²) in [5, 5.41) is 31.2. The fourth-order valence-electron chi connectivity index (χ4n) is 6.50. The van der Waals surface area contributed by atoms with E-state index in [1.165, 1.54) is 38.4 Å². The Morgan fingerprint density at radius 1 is 1.00 bits per heavy atom. The third-order valence-electron chi connectivity index (χ3n) is 8.93. The number of likely N-dealkylation sites (N-methyl/N-ethyl adjacent to an activating group) is 1. The number of anilines is 2. The maximum Gasteiger partial charge on any atom is 0.252 e. The molecule has 1 saturated heterocycles. The van der Waals surface area contributed by atoms with Crippen molar-refractivity contribution in [2.24, 2.45) is 5.92 Å². The number of aliphatic hydroxyl groups excluding tert-OH is 2. The van der Waals surface area contributed by atoms with Crippen LogP contribution in [0.25, 0.3) is 11.2 Å². The minimum atomic E-state index is -1.46. The molecule has 1 unspecified atom stereocenters. The van der Waals surface area contributed by atoms with Crippen LogP contribution in [-0.4, -0.2) is 73.6 Å². The Bertz CT molecular complexity index is 1530. The predicted octanol–water partition coefficient (Wildman–Crippen LogP) is 4.21. The van der Waals surface area contributed by atoms with Gasteiger partial charge in [-0.3, -0.25) is 9.36 Å². The number of hydrogen-bond donors (Lipinski definition) is 5. The maximum atomic E-state index is 12.6. The highest BCUT2D eigenvalue weighted by molar-refractivity contribution is 5.85. The molecule has 1 amide bonds. The van der Waals surface area contributed by atoms with Gasteiger partial charge in [0, 0.05) is 26.9 Å². The van der Waals surface area contributed by atoms with Gasteiger partial charge < -0.3 is 30.9 Å². The van der Waals surface area contributed by atoms with Crippen molar-refractivity contribution in [3.63, 3.8) is 0 Å². The van der Waals surface area contributed by atoms with Crippen LogP contribution < -0.4 is 16.0 Å². The van der Waals surface area contributed by atoms with Gasteiger partial charge in [-0.15, -0.1) is 0 Å². The number of benzene rings is 2. The van der Waals surface area contributed by atoms with Crippen molar-refractivity contribution in [1.82, 2.24) is 24.8 Å². The zero-order chi connectivity index (χ0) is 31.9. The Morgan fingerprint density at radius 2 is 1.71 bits per heavy atom. The number of aliphatic hydroxyl groups is 2. The van der Waals surface area contributed by atoms with Crippen molar-refractivity contribution >= 4 is 28.8 Å². The molecule has 4 atom stereocenters. The lowest BCUT2D eigenvalue weighted by molar-refractivity contribution is -0.137. The van der Waals surface area contributed by atoms with Crippen LogP contribution in [0.1, 0.15) is 70.1 Å². The zero-order valence-electron chi connectivity index (χ0n) is 26.4. The minimum absolute atomic E-state index is 0.00861. The smallest absolute Gasteiger partial charge is 0.252 e. The van der Waals surface area contributed by atoms with Gasteiger partial charge in [0.05, 0.1) is 6.33 Å². The van der Waals surface area contributed by atoms with Crippen molar-refractivity contribution < 1.29 is 21.1 Å². The van der Waals surface area contributed by atoms with E-state index in [2.05, 4.69) is 45.2 Å². The summed E-state index contributed by atoms with van der Waals surface area (Å²) in [6, 6.07) is 20.6. The summed E-state index contributed by atoms with van der Waals surface area (Å²) in [6.45, 7) is 1.37. The standard InChI is InChI=1S/C34H43N7O4/c1-2-35-32(44)29-27(42)28(43)33(45-29)41-21-38-26-30(39-34(40-31(26)41)36-19-18-22-12-6-3-7-13-22)37-20-25(23-14-8-4-9-15-23)24-16-10-5-11-17-24/h4-5,8-11,14-17,21-22,25,27-29,33,42-43H,2-3,6-7,12-13,18-20H2,1H3,(H,35,44)(H2,36,37,39,40)/t27-,28+,29-,33?/m0/s1/i1D. The molecule has 2 fully saturated rings. The van der Waals surface area contributed by atoms with Crippen LogP contribution in [0, 0.1) is 5.92 Å². The summed E-state index contributed by atoms with van der Waals surface area (Å²) in [6.07, 6.45) is 3.62. The van der Waals surface area contributed by atoms with E-state index in [1.54, 1.807) is 4.57 Å². The Morgan fingerprint density at radius 3 is 2.40 bits per heavy atom. The third kappa shape index (κ3) is 6.95. The average Bonchev–Trinajstić information content (AvgIpc) is 3.65. The van der Waals surface area contributed by atoms with Crippen LogP contribution in [0.4, 0.5) is 11.8 Å². The van der Waals surface area contributed by atoms with Gasteiger partial charge in [-0.25, -0.2) is 4.98 Å². The average molecular weight is 615 g/mol. The van der Waals surface area contributed by atoms with Gasteiger partial charge in [0.1, 0.15) is 12.2 Å². The fraction of sp³-hybridized carbons (Fsp3) is 0.471. The van der Waals surface area contributed by atoms with Crippen LogP contribution in [0.15, 0.2) is 67.0 Å². The van der Waals surface area contributed by atoms with Gasteiger partial charge in [-0.05, 0) is 30.4 Å². The highest BCUT2D eigenvalue weighted by Gasteiger charge is 2.47. The van der Waals surface area contributed by atoms with Crippen molar-refractivity contribution in [1.29, 1.82) is 0 Å². The molecule has 2 aromatic carbocycles. The number of nitrogens with one attached hydrogen (secondary N) is 3. The molecule has 11 heteroatoms. The minimum Gasteiger partial charge on any atom is -0.387 e. The van der Waals surface area contributed by atoms with E-state index in [0.717, 1.165) is 24.1 Å². The molecular weight excluding hydrogens is 570 g/mol. The summed E-state index contributed by atoms with van der Waals surface area (Å²) < 4.78 is 14.7. The molecule has 1 saturated carbocycles. The molecule has 3 heterocycles. The zero-order valence-corrected chi connectivity index (χ0v) is 25.4. The van der Waals surface area contributed by atoms with Gasteiger partial charge in [-0.2, -0.15) is 9.97 Å². The largest absolute Gasteiger partial charge is 0.387 e. The number of amides is 1. The number of fused-ring (bicyclic) bond motifs is 1. The number of hydrogen-bond acceptors (Lipinski definition) is 9. The lowest BCUT2D eigenvalue weighted by Gasteiger charge is -2.22. The monoisotopic (exact) mass is 614 g/mol. The quantitative estimate of drug-likeness (QED) is 0.158. The van der Waals surface area contributed by atoms with Crippen LogP contribution in [0.5, 0.6) is 0 Å². The molecule has 238 valence electrons. The van der Waals surface area contributed by atoms with Gasteiger partial charge in [0.2, 0.25) is 5.95 Å². The molecule has 0 spiro atoms. The first-order valence-electron chi connectivity index (χ1n) is 16.6. The summed E-state index contributed by atoms with van der Waals surface area (Å²) >= 11 is 0. The number of nitrogens with zero attached hydrogens (tertiary/aromatic N) is 4. The molecule has 11 nitrogen and oxygen atoms in total. The van der Waals surface area contributed by atoms with Gasteiger partial charge >= 0.3 is 0 Å². The van der Waals surface area contributed by atoms with Crippen LogP contribution in [0.3, 0.4) is 0 Å². The topological polar surface area (TPSA) is 146 Å². The van der Waals surface area contributed by atoms with Crippen molar-refractivity contribution in [2.45, 2.75) is 75.9 Å². The number of imidazole rings is 1. The number of carbonyl (C=O) groups is 1. The molecule has 0 bridgehead atoms. The number of aromatic nitrogens is 4. The molecule has 2 aromatic heterocycles. The van der Waals surface area contributed by atoms with E-state index >= 15 is 0 Å². The maximum absolute atomic E-state index is 12.6. The van der Waals surface area contributed by atoms with Gasteiger partial charge in [0.15, 0.2) is 29.3 Å². The second-order valence-electron chi connectivity index (χ2n) is 11.9. The number of carbonyl (C=O) groups excluding carboxylic acids is 1. The summed E-state index contributed by atoms with van der Waals surface area (Å²) in [7, 11) is 0. The van der Waals surface area contributed by atoms with Crippen molar-refractivity contribution in [3.05, 3.63) is 78.1 Å². The van der Waals surface area contributed by atoms with E-state index in [0.29, 0.717) is 35.4 Å². The Balaban J connectivity index is 1.29. The van der Waals surface area contributed by atoms with Crippen molar-refractivity contribution in [2.75, 3.05) is 30.3 Å². The van der Waals surface area contributed by atoms with E-state index in [9.17, 15) is 15.0 Å². The van der Waals surface area contributed by atoms with Gasteiger partial charge in [-0.1, -0.05) is 92.8 Å². The first-order chi connectivity index (χ1) is 22.5. The third-order valence-corrected chi connectivity index (χ3v) is 8.93. The highest BCUT2D eigenvalue weighted by atomic mass is 16.6. The second kappa shape index (κ2) is 14.4. The lowest BCUT2D eigenvalue weighted by Crippen LogP contribution is -2.42. The summed E-state index contributed by atoms with van der Waals surface area (Å²) in [5.41, 5.74) is 3.20. The fourth-order valence-corrected chi connectivity index (χ4v) is 6.50. The second-order valence-corrected chi connectivity index (χ2v) is 11.9. The van der Waals surface area contributed by atoms with E-state index in [1.807, 2.05) is 36.4 Å². The first-order valence-corrected chi connectivity index (χ1v) is 15.9. The highest BCUT2D eigenvalue weighted by Crippen LogP contribution is 2.34. The van der Waals surface area contributed by atoms with Crippen molar-refractivity contribution in [3.8, 4) is 0 Å². The Hall–Kier alpha value is -4.06. The molecule has 1 aliphatic heterocycles. The van der Waals surface area contributed by atoms with Crippen LogP contribution in [-0.2, 0) is 9.53 Å². The first kappa shape index (κ1) is 29.6. The Kier molecular flexibility index (Phi) is 9.46. The molecule has 6 rings (SSSR count). The van der Waals surface area contributed by atoms with E-state index in [4.69, 9.17) is 16.1 Å². The molecule has 5 N–H and O–H groups in total. The molecule has 4 aromatic rings. The number of rotatable bonds is 12. The normalized spacial score (nSPS) is 22.4. The molecule has 0 radical (unpaired) electrons. The Labute approximate surface area is 264 Å². The number of ether oxygens (including phenoxy) is 1. The summed E-state index contributed by atoms with van der Waals surface area (Å²) in [5.74, 6) is 1.09. The van der Waals surface area contributed by atoms with Crippen LogP contribution in [0.2, 0.25) is 0 Å². The molecular formula is C34H43N7O4. The predicted molar refractivity (Wildman–Crippen MR) is 173 cm³/mol. The SMILES string of the molecule is [2H]CCNC(=O)[C@H]1OC(n2cnc3c(NCC(c4ccccc4)c4ccccc4)nc(NCCC4CCCCC4)nc32)[C@H](O)[C@@H]1O. The molecule has 2 aliphatic rings. The van der Waals surface area contributed by atoms with E-state index in [-0.39, 0.29) is 19.4 Å². The lowest BCUT2D eigenvalue weighted by atomic mass is 9.87.